The van der Waals surface area contributed by atoms with Crippen LogP contribution in [0.3, 0.4) is 0 Å². The summed E-state index contributed by atoms with van der Waals surface area (Å²) in [5.74, 6) is -0.661. The van der Waals surface area contributed by atoms with Crippen LogP contribution in [0.4, 0.5) is 0 Å². The standard InChI is InChI=1S/C12H18N2O4/c1-7(2)5-8(12(15)16)11-13-9(17-3)6-10(14-11)18-4/h6-8H,5H2,1-4H3,(H,15,16). The van der Waals surface area contributed by atoms with Crippen LogP contribution >= 0.6 is 0 Å². The maximum Gasteiger partial charge on any atom is 0.314 e. The Morgan fingerprint density at radius 2 is 1.78 bits per heavy atom. The molecule has 1 aromatic rings. The number of nitrogens with zero attached hydrogens (tertiary/aromatic N) is 2. The highest BCUT2D eigenvalue weighted by Gasteiger charge is 2.25. The molecule has 0 aliphatic heterocycles. The highest BCUT2D eigenvalue weighted by atomic mass is 16.5. The molecule has 1 aromatic heterocycles. The molecule has 0 saturated heterocycles. The summed E-state index contributed by atoms with van der Waals surface area (Å²) in [6.07, 6.45) is 0.464. The van der Waals surface area contributed by atoms with Crippen molar-refractivity contribution in [3.05, 3.63) is 11.9 Å². The Kier molecular flexibility index (Phi) is 4.88. The van der Waals surface area contributed by atoms with E-state index in [1.807, 2.05) is 13.8 Å². The monoisotopic (exact) mass is 254 g/mol. The molecule has 0 aliphatic carbocycles. The molecule has 0 radical (unpaired) electrons. The molecule has 100 valence electrons. The van der Waals surface area contributed by atoms with E-state index in [-0.39, 0.29) is 11.7 Å². The lowest BCUT2D eigenvalue weighted by atomic mass is 9.96. The Morgan fingerprint density at radius 1 is 1.28 bits per heavy atom. The number of carboxylic acids is 1. The number of aliphatic carboxylic acids is 1. The average molecular weight is 254 g/mol. The predicted molar refractivity (Wildman–Crippen MR) is 65.0 cm³/mol. The first kappa shape index (κ1) is 14.2. The van der Waals surface area contributed by atoms with E-state index in [2.05, 4.69) is 9.97 Å². The largest absolute Gasteiger partial charge is 0.481 e. The first-order valence-electron chi connectivity index (χ1n) is 5.67. The molecule has 6 nitrogen and oxygen atoms in total. The Labute approximate surface area is 106 Å². The Bertz CT molecular complexity index is 398. The molecule has 1 unspecified atom stereocenters. The van der Waals surface area contributed by atoms with E-state index in [1.54, 1.807) is 0 Å². The zero-order valence-corrected chi connectivity index (χ0v) is 11.0. The third-order valence-electron chi connectivity index (χ3n) is 2.43. The van der Waals surface area contributed by atoms with Gasteiger partial charge in [0.15, 0.2) is 5.82 Å². The highest BCUT2D eigenvalue weighted by Crippen LogP contribution is 2.25. The molecule has 18 heavy (non-hydrogen) atoms. The lowest BCUT2D eigenvalue weighted by molar-refractivity contribution is -0.139. The number of carbonyl (C=O) groups is 1. The van der Waals surface area contributed by atoms with Crippen LogP contribution in [0, 0.1) is 5.92 Å². The fraction of sp³-hybridized carbons (Fsp3) is 0.583. The molecule has 1 atom stereocenters. The van der Waals surface area contributed by atoms with Crippen molar-refractivity contribution in [3.63, 3.8) is 0 Å². The van der Waals surface area contributed by atoms with E-state index in [1.165, 1.54) is 20.3 Å². The molecular formula is C12H18N2O4. The SMILES string of the molecule is COc1cc(OC)nc(C(CC(C)C)C(=O)O)n1. The number of hydrogen-bond acceptors (Lipinski definition) is 5. The third-order valence-corrected chi connectivity index (χ3v) is 2.43. The normalized spacial score (nSPS) is 12.3. The minimum atomic E-state index is -0.945. The van der Waals surface area contributed by atoms with Crippen molar-refractivity contribution < 1.29 is 19.4 Å². The van der Waals surface area contributed by atoms with Crippen LogP contribution in [-0.4, -0.2) is 35.3 Å². The van der Waals surface area contributed by atoms with E-state index in [9.17, 15) is 9.90 Å². The molecule has 0 saturated carbocycles. The molecule has 0 amide bonds. The first-order valence-corrected chi connectivity index (χ1v) is 5.67. The minimum absolute atomic E-state index is 0.215. The summed E-state index contributed by atoms with van der Waals surface area (Å²) in [6.45, 7) is 3.90. The molecule has 1 heterocycles. The van der Waals surface area contributed by atoms with Crippen LogP contribution in [0.5, 0.6) is 11.8 Å². The molecule has 0 bridgehead atoms. The van der Waals surface area contributed by atoms with Crippen molar-refractivity contribution >= 4 is 5.97 Å². The second-order valence-corrected chi connectivity index (χ2v) is 4.33. The third kappa shape index (κ3) is 3.58. The van der Waals surface area contributed by atoms with E-state index in [0.29, 0.717) is 18.2 Å². The second kappa shape index (κ2) is 6.18. The number of hydrogen-bond donors (Lipinski definition) is 1. The Hall–Kier alpha value is -1.85. The van der Waals surface area contributed by atoms with E-state index >= 15 is 0 Å². The van der Waals surface area contributed by atoms with Gasteiger partial charge in [-0.15, -0.1) is 0 Å². The van der Waals surface area contributed by atoms with Gasteiger partial charge in [-0.05, 0) is 12.3 Å². The molecule has 0 aromatic carbocycles. The Balaban J connectivity index is 3.14. The van der Waals surface area contributed by atoms with Gasteiger partial charge in [0.05, 0.1) is 20.3 Å². The number of aromatic nitrogens is 2. The number of methoxy groups -OCH3 is 2. The smallest absolute Gasteiger partial charge is 0.314 e. The van der Waals surface area contributed by atoms with Gasteiger partial charge in [0, 0.05) is 0 Å². The fourth-order valence-corrected chi connectivity index (χ4v) is 1.57. The van der Waals surface area contributed by atoms with Gasteiger partial charge in [-0.2, -0.15) is 9.97 Å². The van der Waals surface area contributed by atoms with Gasteiger partial charge >= 0.3 is 5.97 Å². The highest BCUT2D eigenvalue weighted by molar-refractivity contribution is 5.74. The number of carboxylic acid groups (broad SMARTS) is 1. The molecule has 0 fully saturated rings. The Morgan fingerprint density at radius 3 is 2.11 bits per heavy atom. The summed E-state index contributed by atoms with van der Waals surface area (Å²) in [6, 6.07) is 1.51. The van der Waals surface area contributed by atoms with Gasteiger partial charge in [-0.1, -0.05) is 13.8 Å². The van der Waals surface area contributed by atoms with E-state index in [4.69, 9.17) is 9.47 Å². The summed E-state index contributed by atoms with van der Waals surface area (Å²) >= 11 is 0. The van der Waals surface area contributed by atoms with E-state index in [0.717, 1.165) is 0 Å². The summed E-state index contributed by atoms with van der Waals surface area (Å²) < 4.78 is 10.0. The predicted octanol–water partition coefficient (Wildman–Crippen LogP) is 1.71. The van der Waals surface area contributed by atoms with Gasteiger partial charge in [-0.3, -0.25) is 4.79 Å². The first-order chi connectivity index (χ1) is 8.47. The fourth-order valence-electron chi connectivity index (χ4n) is 1.57. The van der Waals surface area contributed by atoms with Crippen molar-refractivity contribution in [1.82, 2.24) is 9.97 Å². The van der Waals surface area contributed by atoms with Crippen molar-refractivity contribution in [3.8, 4) is 11.8 Å². The molecule has 6 heteroatoms. The summed E-state index contributed by atoms with van der Waals surface area (Å²) in [7, 11) is 2.92. The van der Waals surface area contributed by atoms with Gasteiger partial charge in [0.25, 0.3) is 0 Å². The van der Waals surface area contributed by atoms with Crippen molar-refractivity contribution in [1.29, 1.82) is 0 Å². The van der Waals surface area contributed by atoms with Crippen LogP contribution in [-0.2, 0) is 4.79 Å². The van der Waals surface area contributed by atoms with Crippen LogP contribution in [0.1, 0.15) is 32.0 Å². The minimum Gasteiger partial charge on any atom is -0.481 e. The van der Waals surface area contributed by atoms with Crippen molar-refractivity contribution in [2.24, 2.45) is 5.92 Å². The van der Waals surface area contributed by atoms with Gasteiger partial charge < -0.3 is 14.6 Å². The second-order valence-electron chi connectivity index (χ2n) is 4.33. The van der Waals surface area contributed by atoms with Crippen LogP contribution < -0.4 is 9.47 Å². The molecule has 1 rings (SSSR count). The van der Waals surface area contributed by atoms with Crippen molar-refractivity contribution in [2.75, 3.05) is 14.2 Å². The summed E-state index contributed by atoms with van der Waals surface area (Å²) in [4.78, 5) is 19.4. The summed E-state index contributed by atoms with van der Waals surface area (Å²) in [5.41, 5.74) is 0. The van der Waals surface area contributed by atoms with Gasteiger partial charge in [0.2, 0.25) is 11.8 Å². The topological polar surface area (TPSA) is 81.5 Å². The maximum absolute atomic E-state index is 11.3. The number of ether oxygens (including phenoxy) is 2. The molecule has 1 N–H and O–H groups in total. The quantitative estimate of drug-likeness (QED) is 0.832. The number of rotatable bonds is 6. The van der Waals surface area contributed by atoms with E-state index < -0.39 is 11.9 Å². The van der Waals surface area contributed by atoms with Crippen molar-refractivity contribution in [2.45, 2.75) is 26.2 Å². The molecule has 0 aliphatic rings. The van der Waals surface area contributed by atoms with Crippen LogP contribution in [0.15, 0.2) is 6.07 Å². The zero-order chi connectivity index (χ0) is 13.7. The zero-order valence-electron chi connectivity index (χ0n) is 11.0. The van der Waals surface area contributed by atoms with Crippen LogP contribution in [0.2, 0.25) is 0 Å². The van der Waals surface area contributed by atoms with Gasteiger partial charge in [0.1, 0.15) is 5.92 Å². The summed E-state index contributed by atoms with van der Waals surface area (Å²) in [5, 5.41) is 9.24. The lowest BCUT2D eigenvalue weighted by Crippen LogP contribution is -2.17. The average Bonchev–Trinajstić information content (AvgIpc) is 2.34. The molecular weight excluding hydrogens is 236 g/mol. The van der Waals surface area contributed by atoms with Crippen LogP contribution in [0.25, 0.3) is 0 Å². The lowest BCUT2D eigenvalue weighted by Gasteiger charge is -2.14. The van der Waals surface area contributed by atoms with Gasteiger partial charge in [-0.25, -0.2) is 0 Å². The maximum atomic E-state index is 11.3. The molecule has 0 spiro atoms.